The minimum atomic E-state index is -3.70. The molecule has 1 aliphatic rings. The predicted molar refractivity (Wildman–Crippen MR) is 116 cm³/mol. The number of hydrogen-bond acceptors (Lipinski definition) is 3. The number of benzene rings is 2. The van der Waals surface area contributed by atoms with Crippen LogP contribution in [0.15, 0.2) is 41.3 Å². The molecule has 1 heterocycles. The molecule has 1 saturated heterocycles. The van der Waals surface area contributed by atoms with Crippen molar-refractivity contribution < 1.29 is 13.2 Å². The molecule has 1 N–H and O–H groups in total. The standard InChI is InChI=1S/C22H27ClN2O3S/c1-4-20(17-8-7-15(2)16(3)13-17)24-22(26)18-9-10-19(23)21(14-18)29(27,28)25-11-5-6-12-25/h7-10,13-14,20H,4-6,11-12H2,1-3H3,(H,24,26)/t20-/m1/s1. The van der Waals surface area contributed by atoms with Gasteiger partial charge in [-0.15, -0.1) is 0 Å². The molecule has 2 aromatic carbocycles. The first kappa shape index (κ1) is 21.8. The molecule has 1 atom stereocenters. The Kier molecular flexibility index (Phi) is 6.66. The summed E-state index contributed by atoms with van der Waals surface area (Å²) in [5, 5.41) is 3.16. The zero-order valence-electron chi connectivity index (χ0n) is 17.0. The Morgan fingerprint density at radius 1 is 1.10 bits per heavy atom. The molecular weight excluding hydrogens is 408 g/mol. The molecule has 1 aliphatic heterocycles. The third kappa shape index (κ3) is 4.65. The van der Waals surface area contributed by atoms with E-state index in [0.717, 1.165) is 24.8 Å². The summed E-state index contributed by atoms with van der Waals surface area (Å²) in [6.07, 6.45) is 2.40. The summed E-state index contributed by atoms with van der Waals surface area (Å²) in [4.78, 5) is 12.9. The van der Waals surface area contributed by atoms with Crippen LogP contribution in [0.2, 0.25) is 5.02 Å². The second kappa shape index (κ2) is 8.86. The lowest BCUT2D eigenvalue weighted by Gasteiger charge is -2.20. The van der Waals surface area contributed by atoms with Crippen LogP contribution in [-0.2, 0) is 10.0 Å². The summed E-state index contributed by atoms with van der Waals surface area (Å²) in [6, 6.07) is 10.4. The van der Waals surface area contributed by atoms with Crippen molar-refractivity contribution in [1.82, 2.24) is 9.62 Å². The molecular formula is C22H27ClN2O3S. The van der Waals surface area contributed by atoms with Crippen molar-refractivity contribution in [3.63, 3.8) is 0 Å². The molecule has 29 heavy (non-hydrogen) atoms. The summed E-state index contributed by atoms with van der Waals surface area (Å²) >= 11 is 6.19. The fourth-order valence-electron chi connectivity index (χ4n) is 3.55. The van der Waals surface area contributed by atoms with Crippen molar-refractivity contribution in [2.45, 2.75) is 51.0 Å². The maximum atomic E-state index is 12.9. The van der Waals surface area contributed by atoms with Gasteiger partial charge in [0.1, 0.15) is 4.90 Å². The van der Waals surface area contributed by atoms with E-state index in [4.69, 9.17) is 11.6 Å². The largest absolute Gasteiger partial charge is 0.345 e. The van der Waals surface area contributed by atoms with Gasteiger partial charge in [-0.3, -0.25) is 4.79 Å². The summed E-state index contributed by atoms with van der Waals surface area (Å²) in [5.41, 5.74) is 3.68. The Bertz CT molecular complexity index is 1010. The molecule has 5 nitrogen and oxygen atoms in total. The first-order valence-electron chi connectivity index (χ1n) is 9.91. The van der Waals surface area contributed by atoms with E-state index in [9.17, 15) is 13.2 Å². The quantitative estimate of drug-likeness (QED) is 0.721. The van der Waals surface area contributed by atoms with Crippen molar-refractivity contribution in [3.8, 4) is 0 Å². The second-order valence-electron chi connectivity index (χ2n) is 7.53. The third-order valence-electron chi connectivity index (χ3n) is 5.52. The molecule has 0 aliphatic carbocycles. The number of carbonyl (C=O) groups excluding carboxylic acids is 1. The summed E-state index contributed by atoms with van der Waals surface area (Å²) in [6.45, 7) is 7.07. The highest BCUT2D eigenvalue weighted by atomic mass is 35.5. The van der Waals surface area contributed by atoms with Crippen molar-refractivity contribution in [3.05, 3.63) is 63.7 Å². The van der Waals surface area contributed by atoms with Crippen LogP contribution in [0.5, 0.6) is 0 Å². The lowest BCUT2D eigenvalue weighted by Crippen LogP contribution is -2.30. The van der Waals surface area contributed by atoms with Gasteiger partial charge in [0, 0.05) is 18.7 Å². The van der Waals surface area contributed by atoms with Gasteiger partial charge in [0.2, 0.25) is 10.0 Å². The lowest BCUT2D eigenvalue weighted by atomic mass is 9.99. The number of nitrogens with one attached hydrogen (secondary N) is 1. The number of sulfonamides is 1. The van der Waals surface area contributed by atoms with Crippen molar-refractivity contribution >= 4 is 27.5 Å². The molecule has 7 heteroatoms. The minimum absolute atomic E-state index is 0.00653. The first-order chi connectivity index (χ1) is 13.7. The van der Waals surface area contributed by atoms with Crippen molar-refractivity contribution in [1.29, 1.82) is 0 Å². The van der Waals surface area contributed by atoms with Crippen LogP contribution in [0.4, 0.5) is 0 Å². The molecule has 0 unspecified atom stereocenters. The van der Waals surface area contributed by atoms with Gasteiger partial charge in [0.15, 0.2) is 0 Å². The third-order valence-corrected chi connectivity index (χ3v) is 7.90. The van der Waals surface area contributed by atoms with Crippen LogP contribution >= 0.6 is 11.6 Å². The highest BCUT2D eigenvalue weighted by Gasteiger charge is 2.30. The van der Waals surface area contributed by atoms with Crippen LogP contribution in [0, 0.1) is 13.8 Å². The topological polar surface area (TPSA) is 66.5 Å². The molecule has 1 fully saturated rings. The Balaban J connectivity index is 1.86. The Morgan fingerprint density at radius 3 is 2.41 bits per heavy atom. The van der Waals surface area contributed by atoms with Crippen molar-refractivity contribution in [2.24, 2.45) is 0 Å². The highest BCUT2D eigenvalue weighted by molar-refractivity contribution is 7.89. The number of aryl methyl sites for hydroxylation is 2. The normalized spacial score (nSPS) is 16.0. The zero-order chi connectivity index (χ0) is 21.2. The molecule has 156 valence electrons. The number of rotatable bonds is 6. The van der Waals surface area contributed by atoms with Gasteiger partial charge in [0.25, 0.3) is 5.91 Å². The monoisotopic (exact) mass is 434 g/mol. The van der Waals surface area contributed by atoms with E-state index in [1.807, 2.05) is 26.0 Å². The number of carbonyl (C=O) groups is 1. The van der Waals surface area contributed by atoms with Gasteiger partial charge in [-0.1, -0.05) is 36.7 Å². The van der Waals surface area contributed by atoms with Crippen LogP contribution in [0.3, 0.4) is 0 Å². The van der Waals surface area contributed by atoms with E-state index in [1.54, 1.807) is 6.07 Å². The van der Waals surface area contributed by atoms with E-state index in [1.165, 1.54) is 27.6 Å². The van der Waals surface area contributed by atoms with Crippen LogP contribution in [-0.4, -0.2) is 31.7 Å². The van der Waals surface area contributed by atoms with Gasteiger partial charge in [-0.05, 0) is 68.0 Å². The fourth-order valence-corrected chi connectivity index (χ4v) is 5.57. The average Bonchev–Trinajstić information content (AvgIpc) is 3.24. The molecule has 0 spiro atoms. The number of halogens is 1. The van der Waals surface area contributed by atoms with Gasteiger partial charge < -0.3 is 5.32 Å². The van der Waals surface area contributed by atoms with Gasteiger partial charge in [-0.2, -0.15) is 4.31 Å². The Labute approximate surface area is 178 Å². The van der Waals surface area contributed by atoms with E-state index in [2.05, 4.69) is 18.3 Å². The zero-order valence-corrected chi connectivity index (χ0v) is 18.6. The lowest BCUT2D eigenvalue weighted by molar-refractivity contribution is 0.0935. The van der Waals surface area contributed by atoms with E-state index < -0.39 is 10.0 Å². The minimum Gasteiger partial charge on any atom is -0.345 e. The molecule has 0 bridgehead atoms. The molecule has 1 amide bonds. The van der Waals surface area contributed by atoms with E-state index >= 15 is 0 Å². The van der Waals surface area contributed by atoms with Crippen LogP contribution < -0.4 is 5.32 Å². The molecule has 2 aromatic rings. The molecule has 0 radical (unpaired) electrons. The maximum Gasteiger partial charge on any atom is 0.251 e. The van der Waals surface area contributed by atoms with Gasteiger partial charge >= 0.3 is 0 Å². The summed E-state index contributed by atoms with van der Waals surface area (Å²) in [5.74, 6) is -0.315. The Hall–Kier alpha value is -1.89. The second-order valence-corrected chi connectivity index (χ2v) is 9.85. The number of amides is 1. The Morgan fingerprint density at radius 2 is 1.79 bits per heavy atom. The van der Waals surface area contributed by atoms with E-state index in [0.29, 0.717) is 13.1 Å². The summed E-state index contributed by atoms with van der Waals surface area (Å²) in [7, 11) is -3.70. The highest BCUT2D eigenvalue weighted by Crippen LogP contribution is 2.28. The molecule has 3 rings (SSSR count). The fraction of sp³-hybridized carbons (Fsp3) is 0.409. The molecule has 0 saturated carbocycles. The maximum absolute atomic E-state index is 12.9. The molecule has 0 aromatic heterocycles. The van der Waals surface area contributed by atoms with Crippen LogP contribution in [0.25, 0.3) is 0 Å². The smallest absolute Gasteiger partial charge is 0.251 e. The summed E-state index contributed by atoms with van der Waals surface area (Å²) < 4.78 is 27.2. The van der Waals surface area contributed by atoms with E-state index in [-0.39, 0.29) is 27.4 Å². The SMILES string of the molecule is CC[C@@H](NC(=O)c1ccc(Cl)c(S(=O)(=O)N2CCCC2)c1)c1ccc(C)c(C)c1. The van der Waals surface area contributed by atoms with Gasteiger partial charge in [-0.25, -0.2) is 8.42 Å². The van der Waals surface area contributed by atoms with Gasteiger partial charge in [0.05, 0.1) is 11.1 Å². The predicted octanol–water partition coefficient (Wildman–Crippen LogP) is 4.62. The first-order valence-corrected chi connectivity index (χ1v) is 11.7. The van der Waals surface area contributed by atoms with Crippen LogP contribution in [0.1, 0.15) is 59.3 Å². The van der Waals surface area contributed by atoms with Crippen molar-refractivity contribution in [2.75, 3.05) is 13.1 Å². The average molecular weight is 435 g/mol. The number of nitrogens with zero attached hydrogens (tertiary/aromatic N) is 1. The number of hydrogen-bond donors (Lipinski definition) is 1.